The number of aliphatic hydroxyl groups excluding tert-OH is 1. The molecule has 156 valence electrons. The van der Waals surface area contributed by atoms with Gasteiger partial charge in [0.25, 0.3) is 0 Å². The molecule has 0 bridgehead atoms. The number of rotatable bonds is 9. The third kappa shape index (κ3) is 5.03. The Bertz CT molecular complexity index is 1020. The molecule has 0 amide bonds. The summed E-state index contributed by atoms with van der Waals surface area (Å²) in [6.45, 7) is 0.243. The molecule has 6 nitrogen and oxygen atoms in total. The molecular weight excluding hydrogens is 408 g/mol. The summed E-state index contributed by atoms with van der Waals surface area (Å²) >= 11 is 6.19. The first kappa shape index (κ1) is 21.5. The number of para-hydroxylation sites is 2. The van der Waals surface area contributed by atoms with Gasteiger partial charge in [0.2, 0.25) is 0 Å². The highest BCUT2D eigenvalue weighted by atomic mass is 35.5. The lowest BCUT2D eigenvalue weighted by molar-refractivity contribution is -0.147. The molecule has 3 aromatic rings. The minimum atomic E-state index is -1.76. The van der Waals surface area contributed by atoms with E-state index in [2.05, 4.69) is 0 Å². The Morgan fingerprint density at radius 1 is 0.900 bits per heavy atom. The molecule has 0 saturated carbocycles. The molecule has 0 aliphatic carbocycles. The zero-order valence-electron chi connectivity index (χ0n) is 16.2. The van der Waals surface area contributed by atoms with E-state index in [1.165, 1.54) is 6.07 Å². The fourth-order valence-corrected chi connectivity index (χ4v) is 3.08. The van der Waals surface area contributed by atoms with E-state index < -0.39 is 12.1 Å². The minimum absolute atomic E-state index is 0.0917. The van der Waals surface area contributed by atoms with Gasteiger partial charge >= 0.3 is 5.97 Å². The number of ether oxygens (including phenoxy) is 3. The Hall–Kier alpha value is -3.22. The number of carbonyl (C=O) groups is 1. The average Bonchev–Trinajstić information content (AvgIpc) is 2.76. The quantitative estimate of drug-likeness (QED) is 0.517. The van der Waals surface area contributed by atoms with E-state index in [0.29, 0.717) is 16.5 Å². The first-order valence-corrected chi connectivity index (χ1v) is 9.53. The predicted octanol–water partition coefficient (Wildman–Crippen LogP) is 4.62. The lowest BCUT2D eigenvalue weighted by atomic mass is 10.1. The summed E-state index contributed by atoms with van der Waals surface area (Å²) in [5, 5.41) is 20.0. The van der Waals surface area contributed by atoms with Crippen molar-refractivity contribution in [3.8, 4) is 17.2 Å². The number of carboxylic acids is 1. The van der Waals surface area contributed by atoms with E-state index in [0.717, 1.165) is 11.1 Å². The highest BCUT2D eigenvalue weighted by Gasteiger charge is 2.24. The molecule has 0 aliphatic rings. The average molecular weight is 429 g/mol. The maximum atomic E-state index is 11.4. The molecule has 0 heterocycles. The van der Waals surface area contributed by atoms with Crippen molar-refractivity contribution in [1.82, 2.24) is 0 Å². The summed E-state index contributed by atoms with van der Waals surface area (Å²) in [5.41, 5.74) is 1.62. The normalized spacial score (nSPS) is 11.6. The standard InChI is InChI=1S/C23H21ClO6/c1-28-19-11-5-3-8-16(19)14-30-22-17(21(25)23(26)27)9-6-12-20(22)29-13-15-7-2-4-10-18(15)24/h2-12,21,25H,13-14H2,1H3,(H,26,27). The molecule has 0 aliphatic heterocycles. The van der Waals surface area contributed by atoms with Crippen LogP contribution in [0.5, 0.6) is 17.2 Å². The van der Waals surface area contributed by atoms with Gasteiger partial charge in [-0.05, 0) is 18.2 Å². The number of aliphatic carboxylic acids is 1. The van der Waals surface area contributed by atoms with Gasteiger partial charge in [-0.15, -0.1) is 0 Å². The zero-order valence-corrected chi connectivity index (χ0v) is 17.0. The fraction of sp³-hybridized carbons (Fsp3) is 0.174. The van der Waals surface area contributed by atoms with Crippen molar-refractivity contribution in [2.75, 3.05) is 7.11 Å². The second-order valence-corrected chi connectivity index (χ2v) is 6.80. The monoisotopic (exact) mass is 428 g/mol. The van der Waals surface area contributed by atoms with Crippen molar-refractivity contribution >= 4 is 17.6 Å². The lowest BCUT2D eigenvalue weighted by Gasteiger charge is -2.19. The predicted molar refractivity (Wildman–Crippen MR) is 112 cm³/mol. The summed E-state index contributed by atoms with van der Waals surface area (Å²) in [5.74, 6) is -0.319. The molecule has 3 aromatic carbocycles. The summed E-state index contributed by atoms with van der Waals surface area (Å²) in [4.78, 5) is 11.4. The number of hydrogen-bond donors (Lipinski definition) is 2. The number of carboxylic acid groups (broad SMARTS) is 1. The molecule has 0 saturated heterocycles. The van der Waals surface area contributed by atoms with Gasteiger partial charge < -0.3 is 24.4 Å². The Kier molecular flexibility index (Phi) is 7.17. The van der Waals surface area contributed by atoms with Gasteiger partial charge in [-0.3, -0.25) is 0 Å². The van der Waals surface area contributed by atoms with Crippen molar-refractivity contribution in [2.45, 2.75) is 19.3 Å². The molecular formula is C23H21ClO6. The van der Waals surface area contributed by atoms with Crippen molar-refractivity contribution in [1.29, 1.82) is 0 Å². The van der Waals surface area contributed by atoms with Gasteiger partial charge in [-0.25, -0.2) is 4.79 Å². The minimum Gasteiger partial charge on any atom is -0.496 e. The first-order valence-electron chi connectivity index (χ1n) is 9.16. The molecule has 30 heavy (non-hydrogen) atoms. The van der Waals surface area contributed by atoms with E-state index in [9.17, 15) is 15.0 Å². The molecule has 1 atom stereocenters. The van der Waals surface area contributed by atoms with E-state index >= 15 is 0 Å². The van der Waals surface area contributed by atoms with Crippen LogP contribution in [0.4, 0.5) is 0 Å². The number of methoxy groups -OCH3 is 1. The largest absolute Gasteiger partial charge is 0.496 e. The van der Waals surface area contributed by atoms with Crippen molar-refractivity contribution in [3.63, 3.8) is 0 Å². The highest BCUT2D eigenvalue weighted by molar-refractivity contribution is 6.31. The maximum absolute atomic E-state index is 11.4. The molecule has 0 radical (unpaired) electrons. The SMILES string of the molecule is COc1ccccc1COc1c(OCc2ccccc2Cl)cccc1C(O)C(=O)O. The van der Waals surface area contributed by atoms with Gasteiger partial charge in [0, 0.05) is 21.7 Å². The van der Waals surface area contributed by atoms with Crippen LogP contribution in [0.25, 0.3) is 0 Å². The topological polar surface area (TPSA) is 85.2 Å². The number of benzene rings is 3. The molecule has 0 spiro atoms. The van der Waals surface area contributed by atoms with Crippen LogP contribution in [-0.4, -0.2) is 23.3 Å². The molecule has 7 heteroatoms. The Morgan fingerprint density at radius 3 is 2.23 bits per heavy atom. The van der Waals surface area contributed by atoms with Crippen LogP contribution in [0.15, 0.2) is 66.7 Å². The summed E-state index contributed by atoms with van der Waals surface area (Å²) < 4.78 is 17.1. The van der Waals surface area contributed by atoms with Gasteiger partial charge in [0.1, 0.15) is 19.0 Å². The van der Waals surface area contributed by atoms with E-state index in [1.807, 2.05) is 36.4 Å². The third-order valence-electron chi connectivity index (χ3n) is 4.44. The van der Waals surface area contributed by atoms with Crippen LogP contribution in [0.3, 0.4) is 0 Å². The Balaban J connectivity index is 1.90. The van der Waals surface area contributed by atoms with Crippen molar-refractivity contribution in [3.05, 3.63) is 88.4 Å². The maximum Gasteiger partial charge on any atom is 0.337 e. The second kappa shape index (κ2) is 10.0. The van der Waals surface area contributed by atoms with Gasteiger partial charge in [0.05, 0.1) is 7.11 Å². The van der Waals surface area contributed by atoms with Crippen LogP contribution < -0.4 is 14.2 Å². The van der Waals surface area contributed by atoms with Crippen LogP contribution in [0.2, 0.25) is 5.02 Å². The smallest absolute Gasteiger partial charge is 0.337 e. The molecule has 0 fully saturated rings. The molecule has 2 N–H and O–H groups in total. The zero-order chi connectivity index (χ0) is 21.5. The summed E-state index contributed by atoms with van der Waals surface area (Å²) in [7, 11) is 1.55. The lowest BCUT2D eigenvalue weighted by Crippen LogP contribution is -2.13. The number of aliphatic hydroxyl groups is 1. The van der Waals surface area contributed by atoms with Crippen LogP contribution in [0.1, 0.15) is 22.8 Å². The third-order valence-corrected chi connectivity index (χ3v) is 4.81. The number of hydrogen-bond acceptors (Lipinski definition) is 5. The first-order chi connectivity index (χ1) is 14.5. The highest BCUT2D eigenvalue weighted by Crippen LogP contribution is 2.37. The second-order valence-electron chi connectivity index (χ2n) is 6.40. The van der Waals surface area contributed by atoms with Gasteiger partial charge in [-0.2, -0.15) is 0 Å². The van der Waals surface area contributed by atoms with Crippen LogP contribution in [-0.2, 0) is 18.0 Å². The van der Waals surface area contributed by atoms with Crippen LogP contribution in [0, 0.1) is 0 Å². The van der Waals surface area contributed by atoms with E-state index in [-0.39, 0.29) is 24.5 Å². The van der Waals surface area contributed by atoms with Gasteiger partial charge in [0.15, 0.2) is 17.6 Å². The van der Waals surface area contributed by atoms with Crippen LogP contribution >= 0.6 is 11.6 Å². The van der Waals surface area contributed by atoms with Crippen molar-refractivity contribution in [2.24, 2.45) is 0 Å². The van der Waals surface area contributed by atoms with Gasteiger partial charge in [-0.1, -0.05) is 60.1 Å². The van der Waals surface area contributed by atoms with E-state index in [1.54, 1.807) is 31.4 Å². The van der Waals surface area contributed by atoms with E-state index in [4.69, 9.17) is 25.8 Å². The Morgan fingerprint density at radius 2 is 1.53 bits per heavy atom. The molecule has 3 rings (SSSR count). The Labute approximate surface area is 179 Å². The molecule has 0 aromatic heterocycles. The number of halogens is 1. The summed E-state index contributed by atoms with van der Waals surface area (Å²) in [6, 6.07) is 19.3. The van der Waals surface area contributed by atoms with Crippen molar-refractivity contribution < 1.29 is 29.2 Å². The molecule has 1 unspecified atom stereocenters. The summed E-state index contributed by atoms with van der Waals surface area (Å²) in [6.07, 6.45) is -1.76. The fourth-order valence-electron chi connectivity index (χ4n) is 2.89.